The van der Waals surface area contributed by atoms with Crippen molar-refractivity contribution >= 4 is 16.9 Å². The van der Waals surface area contributed by atoms with E-state index in [9.17, 15) is 0 Å². The first-order chi connectivity index (χ1) is 10.2. The molecule has 2 aromatic heterocycles. The smallest absolute Gasteiger partial charge is 0.160 e. The minimum atomic E-state index is 0.0924. The third-order valence-corrected chi connectivity index (χ3v) is 5.27. The van der Waals surface area contributed by atoms with E-state index in [2.05, 4.69) is 52.8 Å². The zero-order chi connectivity index (χ0) is 14.4. The van der Waals surface area contributed by atoms with Crippen LogP contribution in [0.5, 0.6) is 0 Å². The van der Waals surface area contributed by atoms with E-state index in [-0.39, 0.29) is 12.1 Å². The minimum Gasteiger partial charge on any atom is -0.353 e. The van der Waals surface area contributed by atoms with Gasteiger partial charge in [0, 0.05) is 36.9 Å². The van der Waals surface area contributed by atoms with Crippen LogP contribution in [0.1, 0.15) is 30.4 Å². The van der Waals surface area contributed by atoms with Gasteiger partial charge in [0.25, 0.3) is 0 Å². The number of aryl methyl sites for hydroxylation is 1. The van der Waals surface area contributed by atoms with Gasteiger partial charge in [0.15, 0.2) is 5.17 Å². The Labute approximate surface area is 128 Å². The molecule has 2 aromatic rings. The van der Waals surface area contributed by atoms with Crippen molar-refractivity contribution in [2.24, 2.45) is 12.0 Å². The maximum absolute atomic E-state index is 4.98. The van der Waals surface area contributed by atoms with Crippen LogP contribution in [0.15, 0.2) is 47.7 Å². The largest absolute Gasteiger partial charge is 0.353 e. The SMILES string of the molecule is C[C@H]1CN2C(=N[C@H](c3ccccn3)[C@@H]2c2cccn2C)S1. The van der Waals surface area contributed by atoms with Crippen LogP contribution in [-0.4, -0.2) is 31.4 Å². The molecule has 0 radical (unpaired) electrons. The lowest BCUT2D eigenvalue weighted by atomic mass is 10.0. The molecule has 4 rings (SSSR count). The van der Waals surface area contributed by atoms with E-state index in [1.165, 1.54) is 10.9 Å². The number of pyridine rings is 1. The molecule has 0 unspecified atom stereocenters. The van der Waals surface area contributed by atoms with Crippen molar-refractivity contribution in [3.05, 3.63) is 54.1 Å². The van der Waals surface area contributed by atoms with E-state index in [1.807, 2.05) is 30.1 Å². The first-order valence-corrected chi connectivity index (χ1v) is 8.15. The summed E-state index contributed by atoms with van der Waals surface area (Å²) >= 11 is 1.88. The van der Waals surface area contributed by atoms with Crippen molar-refractivity contribution in [2.75, 3.05) is 6.54 Å². The van der Waals surface area contributed by atoms with Crippen molar-refractivity contribution in [2.45, 2.75) is 24.3 Å². The van der Waals surface area contributed by atoms with Gasteiger partial charge in [-0.05, 0) is 24.3 Å². The summed E-state index contributed by atoms with van der Waals surface area (Å²) in [6, 6.07) is 10.7. The van der Waals surface area contributed by atoms with Gasteiger partial charge in [-0.1, -0.05) is 24.8 Å². The van der Waals surface area contributed by atoms with Crippen LogP contribution in [0.3, 0.4) is 0 Å². The van der Waals surface area contributed by atoms with Crippen LogP contribution in [0.2, 0.25) is 0 Å². The molecule has 2 aliphatic heterocycles. The lowest BCUT2D eigenvalue weighted by Gasteiger charge is -2.27. The van der Waals surface area contributed by atoms with E-state index < -0.39 is 0 Å². The molecule has 0 N–H and O–H groups in total. The monoisotopic (exact) mass is 298 g/mol. The molecule has 0 spiro atoms. The van der Waals surface area contributed by atoms with Crippen LogP contribution in [0, 0.1) is 0 Å². The molecule has 0 amide bonds. The molecule has 5 heteroatoms. The second-order valence-electron chi connectivity index (χ2n) is 5.68. The highest BCUT2D eigenvalue weighted by atomic mass is 32.2. The van der Waals surface area contributed by atoms with E-state index in [1.54, 1.807) is 0 Å². The standard InChI is InChI=1S/C16H18N4S/c1-11-10-20-15(13-7-5-9-19(13)2)14(18-16(20)21-11)12-6-3-4-8-17-12/h3-9,11,14-15H,10H2,1-2H3/t11-,14+,15-/m0/s1. The van der Waals surface area contributed by atoms with Gasteiger partial charge in [0.05, 0.1) is 11.7 Å². The summed E-state index contributed by atoms with van der Waals surface area (Å²) in [5, 5.41) is 1.78. The maximum atomic E-state index is 4.98. The Bertz CT molecular complexity index is 679. The summed E-state index contributed by atoms with van der Waals surface area (Å²) in [5.74, 6) is 0. The molecule has 0 aliphatic carbocycles. The van der Waals surface area contributed by atoms with E-state index in [0.717, 1.165) is 12.2 Å². The van der Waals surface area contributed by atoms with Gasteiger partial charge in [-0.25, -0.2) is 0 Å². The molecule has 0 bridgehead atoms. The van der Waals surface area contributed by atoms with E-state index >= 15 is 0 Å². The minimum absolute atomic E-state index is 0.0924. The Morgan fingerprint density at radius 2 is 2.14 bits per heavy atom. The number of hydrogen-bond donors (Lipinski definition) is 0. The number of aromatic nitrogens is 2. The van der Waals surface area contributed by atoms with Crippen LogP contribution in [-0.2, 0) is 7.05 Å². The van der Waals surface area contributed by atoms with Gasteiger partial charge in [-0.2, -0.15) is 0 Å². The van der Waals surface area contributed by atoms with Crippen LogP contribution >= 0.6 is 11.8 Å². The molecular weight excluding hydrogens is 280 g/mol. The maximum Gasteiger partial charge on any atom is 0.160 e. The van der Waals surface area contributed by atoms with Gasteiger partial charge >= 0.3 is 0 Å². The topological polar surface area (TPSA) is 33.4 Å². The van der Waals surface area contributed by atoms with Gasteiger partial charge in [0.1, 0.15) is 6.04 Å². The second kappa shape index (κ2) is 4.91. The molecule has 1 saturated heterocycles. The summed E-state index contributed by atoms with van der Waals surface area (Å²) in [6.07, 6.45) is 3.96. The number of thioether (sulfide) groups is 1. The predicted molar refractivity (Wildman–Crippen MR) is 86.3 cm³/mol. The lowest BCUT2D eigenvalue weighted by Crippen LogP contribution is -2.29. The third-order valence-electron chi connectivity index (χ3n) is 4.17. The predicted octanol–water partition coefficient (Wildman–Crippen LogP) is 3.01. The highest BCUT2D eigenvalue weighted by molar-refractivity contribution is 8.14. The van der Waals surface area contributed by atoms with E-state index in [0.29, 0.717) is 5.25 Å². The number of rotatable bonds is 2. The lowest BCUT2D eigenvalue weighted by molar-refractivity contribution is 0.309. The summed E-state index contributed by atoms with van der Waals surface area (Å²) in [6.45, 7) is 3.33. The molecule has 21 heavy (non-hydrogen) atoms. The molecule has 4 heterocycles. The first-order valence-electron chi connectivity index (χ1n) is 7.27. The van der Waals surface area contributed by atoms with Crippen molar-refractivity contribution < 1.29 is 0 Å². The number of aliphatic imine (C=N–C) groups is 1. The Morgan fingerprint density at radius 1 is 1.24 bits per heavy atom. The fourth-order valence-electron chi connectivity index (χ4n) is 3.22. The van der Waals surface area contributed by atoms with Crippen molar-refractivity contribution in [3.63, 3.8) is 0 Å². The summed E-state index contributed by atoms with van der Waals surface area (Å²) in [5.41, 5.74) is 2.36. The van der Waals surface area contributed by atoms with Crippen molar-refractivity contribution in [1.82, 2.24) is 14.5 Å². The zero-order valence-corrected chi connectivity index (χ0v) is 13.0. The quantitative estimate of drug-likeness (QED) is 0.854. The van der Waals surface area contributed by atoms with Gasteiger partial charge in [-0.3, -0.25) is 9.98 Å². The van der Waals surface area contributed by atoms with E-state index in [4.69, 9.17) is 4.99 Å². The van der Waals surface area contributed by atoms with Crippen LogP contribution < -0.4 is 0 Å². The highest BCUT2D eigenvalue weighted by Gasteiger charge is 2.44. The molecule has 4 nitrogen and oxygen atoms in total. The van der Waals surface area contributed by atoms with Crippen LogP contribution in [0.4, 0.5) is 0 Å². The normalized spacial score (nSPS) is 27.8. The van der Waals surface area contributed by atoms with Crippen molar-refractivity contribution in [3.8, 4) is 0 Å². The Kier molecular flexibility index (Phi) is 3.03. The number of amidine groups is 1. The number of hydrogen-bond acceptors (Lipinski definition) is 4. The fraction of sp³-hybridized carbons (Fsp3) is 0.375. The van der Waals surface area contributed by atoms with Gasteiger partial charge in [-0.15, -0.1) is 0 Å². The third kappa shape index (κ3) is 2.07. The molecule has 1 fully saturated rings. The number of fused-ring (bicyclic) bond motifs is 1. The average Bonchev–Trinajstić information content (AvgIpc) is 3.14. The summed E-state index contributed by atoms with van der Waals surface area (Å²) in [4.78, 5) is 12.0. The molecule has 0 aromatic carbocycles. The van der Waals surface area contributed by atoms with Crippen molar-refractivity contribution in [1.29, 1.82) is 0 Å². The van der Waals surface area contributed by atoms with Gasteiger partial charge < -0.3 is 9.47 Å². The fourth-order valence-corrected chi connectivity index (χ4v) is 4.31. The summed E-state index contributed by atoms with van der Waals surface area (Å²) < 4.78 is 2.20. The average molecular weight is 298 g/mol. The molecule has 2 aliphatic rings. The summed E-state index contributed by atoms with van der Waals surface area (Å²) in [7, 11) is 2.11. The Hall–Kier alpha value is -1.75. The molecule has 108 valence electrons. The molecular formula is C16H18N4S. The number of nitrogens with zero attached hydrogens (tertiary/aromatic N) is 4. The molecule has 0 saturated carbocycles. The first kappa shape index (κ1) is 13.0. The Balaban J connectivity index is 1.79. The van der Waals surface area contributed by atoms with Crippen LogP contribution in [0.25, 0.3) is 0 Å². The Morgan fingerprint density at radius 3 is 2.86 bits per heavy atom. The molecule has 3 atom stereocenters. The highest BCUT2D eigenvalue weighted by Crippen LogP contribution is 2.47. The second-order valence-corrected chi connectivity index (χ2v) is 7.09. The van der Waals surface area contributed by atoms with Gasteiger partial charge in [0.2, 0.25) is 0 Å². The zero-order valence-electron chi connectivity index (χ0n) is 12.2.